The van der Waals surface area contributed by atoms with Crippen LogP contribution in [0.2, 0.25) is 0 Å². The van der Waals surface area contributed by atoms with Gasteiger partial charge < -0.3 is 10.6 Å². The molecule has 0 radical (unpaired) electrons. The molecule has 2 heterocycles. The summed E-state index contributed by atoms with van der Waals surface area (Å²) in [5, 5.41) is 6.68. The molecule has 3 fully saturated rings. The first kappa shape index (κ1) is 17.2. The first-order valence-electron chi connectivity index (χ1n) is 9.48. The van der Waals surface area contributed by atoms with Gasteiger partial charge in [0.1, 0.15) is 0 Å². The molecule has 1 amide bonds. The second kappa shape index (κ2) is 7.49. The van der Waals surface area contributed by atoms with Crippen LogP contribution >= 0.6 is 0 Å². The SMILES string of the molecule is CC1CC(C2C(C)NOC2C)CCC1NC(=O)C1CCCNC1. The molecule has 0 bridgehead atoms. The Labute approximate surface area is 140 Å². The highest BCUT2D eigenvalue weighted by Gasteiger charge is 2.41. The summed E-state index contributed by atoms with van der Waals surface area (Å²) < 4.78 is 0. The molecule has 0 spiro atoms. The van der Waals surface area contributed by atoms with E-state index in [1.807, 2.05) is 0 Å². The first-order valence-corrected chi connectivity index (χ1v) is 9.48. The van der Waals surface area contributed by atoms with Crippen LogP contribution in [0.1, 0.15) is 52.9 Å². The first-order chi connectivity index (χ1) is 11.1. The molecular formula is C18H33N3O2. The number of nitrogens with one attached hydrogen (secondary N) is 3. The van der Waals surface area contributed by atoms with Crippen molar-refractivity contribution in [2.75, 3.05) is 13.1 Å². The second-order valence-electron chi connectivity index (χ2n) is 8.02. The Bertz CT molecular complexity index is 401. The third-order valence-electron chi connectivity index (χ3n) is 6.31. The van der Waals surface area contributed by atoms with Crippen molar-refractivity contribution in [3.8, 4) is 0 Å². The minimum Gasteiger partial charge on any atom is -0.353 e. The van der Waals surface area contributed by atoms with Crippen LogP contribution < -0.4 is 16.1 Å². The molecule has 0 aromatic carbocycles. The van der Waals surface area contributed by atoms with Gasteiger partial charge in [-0.1, -0.05) is 6.92 Å². The van der Waals surface area contributed by atoms with Gasteiger partial charge in [-0.05, 0) is 64.3 Å². The van der Waals surface area contributed by atoms with Gasteiger partial charge in [-0.2, -0.15) is 5.48 Å². The smallest absolute Gasteiger partial charge is 0.224 e. The van der Waals surface area contributed by atoms with E-state index in [0.29, 0.717) is 35.9 Å². The maximum absolute atomic E-state index is 12.5. The van der Waals surface area contributed by atoms with Crippen molar-refractivity contribution in [3.63, 3.8) is 0 Å². The Morgan fingerprint density at radius 2 is 2.00 bits per heavy atom. The number of carbonyl (C=O) groups excluding carboxylic acids is 1. The average Bonchev–Trinajstić information content (AvgIpc) is 2.89. The van der Waals surface area contributed by atoms with Gasteiger partial charge in [0.05, 0.1) is 12.0 Å². The average molecular weight is 323 g/mol. The number of rotatable bonds is 3. The molecule has 3 rings (SSSR count). The summed E-state index contributed by atoms with van der Waals surface area (Å²) >= 11 is 0. The molecule has 7 unspecified atom stereocenters. The maximum atomic E-state index is 12.5. The van der Waals surface area contributed by atoms with Crippen LogP contribution in [0.3, 0.4) is 0 Å². The second-order valence-corrected chi connectivity index (χ2v) is 8.02. The molecule has 1 saturated carbocycles. The Hall–Kier alpha value is -0.650. The van der Waals surface area contributed by atoms with Crippen LogP contribution in [0, 0.1) is 23.7 Å². The van der Waals surface area contributed by atoms with E-state index in [-0.39, 0.29) is 11.8 Å². The fraction of sp³-hybridized carbons (Fsp3) is 0.944. The van der Waals surface area contributed by atoms with Crippen LogP contribution in [-0.4, -0.2) is 37.2 Å². The van der Waals surface area contributed by atoms with E-state index in [2.05, 4.69) is 36.9 Å². The van der Waals surface area contributed by atoms with Crippen molar-refractivity contribution in [1.82, 2.24) is 16.1 Å². The monoisotopic (exact) mass is 323 g/mol. The molecule has 2 saturated heterocycles. The lowest BCUT2D eigenvalue weighted by molar-refractivity contribution is -0.127. The molecular weight excluding hydrogens is 290 g/mol. The fourth-order valence-corrected chi connectivity index (χ4v) is 4.95. The fourth-order valence-electron chi connectivity index (χ4n) is 4.95. The molecule has 2 aliphatic heterocycles. The molecule has 7 atom stereocenters. The molecule has 3 N–H and O–H groups in total. The summed E-state index contributed by atoms with van der Waals surface area (Å²) in [7, 11) is 0. The number of carbonyl (C=O) groups is 1. The highest BCUT2D eigenvalue weighted by Crippen LogP contribution is 2.39. The van der Waals surface area contributed by atoms with Crippen molar-refractivity contribution >= 4 is 5.91 Å². The molecule has 132 valence electrons. The van der Waals surface area contributed by atoms with Crippen molar-refractivity contribution in [1.29, 1.82) is 0 Å². The Morgan fingerprint density at radius 3 is 2.61 bits per heavy atom. The minimum absolute atomic E-state index is 0.168. The van der Waals surface area contributed by atoms with E-state index < -0.39 is 0 Å². The third kappa shape index (κ3) is 3.89. The Balaban J connectivity index is 1.51. The highest BCUT2D eigenvalue weighted by molar-refractivity contribution is 5.79. The lowest BCUT2D eigenvalue weighted by atomic mass is 9.70. The Kier molecular flexibility index (Phi) is 5.60. The van der Waals surface area contributed by atoms with Gasteiger partial charge in [0, 0.05) is 24.5 Å². The van der Waals surface area contributed by atoms with Gasteiger partial charge in [-0.3, -0.25) is 9.63 Å². The van der Waals surface area contributed by atoms with Gasteiger partial charge in [0.15, 0.2) is 0 Å². The summed E-state index contributed by atoms with van der Waals surface area (Å²) in [6.07, 6.45) is 5.93. The Morgan fingerprint density at radius 1 is 1.17 bits per heavy atom. The zero-order chi connectivity index (χ0) is 16.4. The topological polar surface area (TPSA) is 62.4 Å². The number of hydrogen-bond donors (Lipinski definition) is 3. The predicted octanol–water partition coefficient (Wildman–Crippen LogP) is 1.84. The van der Waals surface area contributed by atoms with Crippen LogP contribution in [-0.2, 0) is 9.63 Å². The van der Waals surface area contributed by atoms with Gasteiger partial charge in [0.2, 0.25) is 5.91 Å². The summed E-state index contributed by atoms with van der Waals surface area (Å²) in [5.74, 6) is 2.28. The largest absolute Gasteiger partial charge is 0.353 e. The van der Waals surface area contributed by atoms with E-state index in [1.54, 1.807) is 0 Å². The van der Waals surface area contributed by atoms with Crippen molar-refractivity contribution in [2.45, 2.75) is 71.1 Å². The minimum atomic E-state index is 0.168. The zero-order valence-corrected chi connectivity index (χ0v) is 14.8. The van der Waals surface area contributed by atoms with Crippen LogP contribution in [0.25, 0.3) is 0 Å². The molecule has 3 aliphatic rings. The van der Waals surface area contributed by atoms with Crippen LogP contribution in [0.15, 0.2) is 0 Å². The van der Waals surface area contributed by atoms with E-state index in [1.165, 1.54) is 12.8 Å². The van der Waals surface area contributed by atoms with Crippen LogP contribution in [0.5, 0.6) is 0 Å². The molecule has 0 aromatic rings. The van der Waals surface area contributed by atoms with Gasteiger partial charge in [-0.25, -0.2) is 0 Å². The highest BCUT2D eigenvalue weighted by atomic mass is 16.7. The number of hydrogen-bond acceptors (Lipinski definition) is 4. The van der Waals surface area contributed by atoms with E-state index in [0.717, 1.165) is 32.4 Å². The molecule has 5 nitrogen and oxygen atoms in total. The van der Waals surface area contributed by atoms with Gasteiger partial charge >= 0.3 is 0 Å². The van der Waals surface area contributed by atoms with E-state index in [9.17, 15) is 4.79 Å². The summed E-state index contributed by atoms with van der Waals surface area (Å²) in [5.41, 5.74) is 3.14. The van der Waals surface area contributed by atoms with Crippen LogP contribution in [0.4, 0.5) is 0 Å². The van der Waals surface area contributed by atoms with Crippen molar-refractivity contribution in [2.24, 2.45) is 23.7 Å². The maximum Gasteiger partial charge on any atom is 0.224 e. The lowest BCUT2D eigenvalue weighted by Gasteiger charge is -2.39. The molecule has 0 aromatic heterocycles. The van der Waals surface area contributed by atoms with Gasteiger partial charge in [-0.15, -0.1) is 0 Å². The molecule has 5 heteroatoms. The summed E-state index contributed by atoms with van der Waals surface area (Å²) in [6, 6.07) is 0.781. The van der Waals surface area contributed by atoms with Gasteiger partial charge in [0.25, 0.3) is 0 Å². The molecule has 23 heavy (non-hydrogen) atoms. The number of amides is 1. The zero-order valence-electron chi connectivity index (χ0n) is 14.8. The normalized spacial score (nSPS) is 44.9. The summed E-state index contributed by atoms with van der Waals surface area (Å²) in [4.78, 5) is 18.1. The predicted molar refractivity (Wildman–Crippen MR) is 90.7 cm³/mol. The third-order valence-corrected chi connectivity index (χ3v) is 6.31. The molecule has 1 aliphatic carbocycles. The number of hydroxylamine groups is 1. The van der Waals surface area contributed by atoms with Crippen molar-refractivity contribution in [3.05, 3.63) is 0 Å². The number of piperidine rings is 1. The lowest BCUT2D eigenvalue weighted by Crippen LogP contribution is -2.49. The van der Waals surface area contributed by atoms with E-state index >= 15 is 0 Å². The van der Waals surface area contributed by atoms with E-state index in [4.69, 9.17) is 4.84 Å². The standard InChI is InChI=1S/C18H33N3O2/c1-11-9-14(17-12(2)21-23-13(17)3)6-7-16(11)20-18(22)15-5-4-8-19-10-15/h11-17,19,21H,4-10H2,1-3H3,(H,20,22). The quantitative estimate of drug-likeness (QED) is 0.741. The summed E-state index contributed by atoms with van der Waals surface area (Å²) in [6.45, 7) is 8.60. The van der Waals surface area contributed by atoms with Crippen molar-refractivity contribution < 1.29 is 9.63 Å².